The van der Waals surface area contributed by atoms with Gasteiger partial charge < -0.3 is 0 Å². The van der Waals surface area contributed by atoms with Crippen LogP contribution in [0.25, 0.3) is 89.1 Å². The Morgan fingerprint density at radius 2 is 0.857 bits per heavy atom. The molecule has 0 bridgehead atoms. The summed E-state index contributed by atoms with van der Waals surface area (Å²) in [5.74, 6) is 0.679. The Hall–Kier alpha value is -8.27. The molecule has 3 nitrogen and oxygen atoms in total. The molecule has 0 spiro atoms. The van der Waals surface area contributed by atoms with Crippen LogP contribution < -0.4 is 0 Å². The quantitative estimate of drug-likeness (QED) is 0.151. The second-order valence-electron chi connectivity index (χ2n) is 16.3. The van der Waals surface area contributed by atoms with Gasteiger partial charge in [-0.3, -0.25) is 0 Å². The van der Waals surface area contributed by atoms with Crippen molar-refractivity contribution >= 4 is 21.7 Å². The van der Waals surface area contributed by atoms with Crippen LogP contribution >= 0.6 is 0 Å². The van der Waals surface area contributed by atoms with Gasteiger partial charge in [-0.05, 0) is 68.1 Å². The first-order chi connectivity index (χ1) is 31.2. The molecule has 63 heavy (non-hydrogen) atoms. The largest absolute Gasteiger partial charge is 0.247 e. The number of aromatic nitrogens is 3. The van der Waals surface area contributed by atoms with Crippen LogP contribution in [-0.2, 0) is 5.41 Å². The first kappa shape index (κ1) is 36.6. The average Bonchev–Trinajstić information content (AvgIpc) is 3.68. The minimum absolute atomic E-state index is 0.530. The van der Waals surface area contributed by atoms with E-state index in [1.807, 2.05) is 12.1 Å². The van der Waals surface area contributed by atoms with Gasteiger partial charge in [0.05, 0.1) is 28.0 Å². The van der Waals surface area contributed by atoms with Crippen molar-refractivity contribution in [3.63, 3.8) is 0 Å². The summed E-state index contributed by atoms with van der Waals surface area (Å²) < 4.78 is 0. The van der Waals surface area contributed by atoms with E-state index in [0.717, 1.165) is 61.2 Å². The molecule has 0 N–H and O–H groups in total. The van der Waals surface area contributed by atoms with Crippen LogP contribution in [0.5, 0.6) is 0 Å². The lowest BCUT2D eigenvalue weighted by Gasteiger charge is -2.34. The first-order valence-corrected chi connectivity index (χ1v) is 21.5. The standard InChI is InChI=1S/C60H39N3/c1-5-18-40(19-6-1)41-32-34-43(35-33-41)59-62-54(42-20-7-2-8-21-42)39-55(63-59)44-22-17-23-45(38-44)58-57-49(48-28-14-16-31-53(48)61-58)36-37-52-56(57)50-29-13-15-30-51(50)60(52,46-24-9-3-10-25-46)47-26-11-4-12-27-47/h1-39H. The van der Waals surface area contributed by atoms with E-state index in [-0.39, 0.29) is 0 Å². The van der Waals surface area contributed by atoms with E-state index < -0.39 is 5.41 Å². The van der Waals surface area contributed by atoms with Gasteiger partial charge in [0.2, 0.25) is 0 Å². The molecule has 9 aromatic carbocycles. The topological polar surface area (TPSA) is 38.7 Å². The van der Waals surface area contributed by atoms with E-state index in [1.54, 1.807) is 0 Å². The fourth-order valence-corrected chi connectivity index (χ4v) is 9.94. The van der Waals surface area contributed by atoms with Crippen molar-refractivity contribution in [3.8, 4) is 67.4 Å². The fraction of sp³-hybridized carbons (Fsp3) is 0.0167. The van der Waals surface area contributed by atoms with Gasteiger partial charge in [-0.2, -0.15) is 0 Å². The molecule has 11 aromatic rings. The molecule has 0 atom stereocenters. The number of hydrogen-bond acceptors (Lipinski definition) is 3. The lowest BCUT2D eigenvalue weighted by Crippen LogP contribution is -2.28. The smallest absolute Gasteiger partial charge is 0.160 e. The van der Waals surface area contributed by atoms with E-state index in [1.165, 1.54) is 44.3 Å². The third-order valence-corrected chi connectivity index (χ3v) is 12.8. The SMILES string of the molecule is c1ccc(-c2ccc(-c3nc(-c4ccccc4)cc(-c4cccc(-c5nc6ccccc6c6ccc7c(c56)-c5ccccc5C7(c5ccccc5)c5ccccc5)c4)n3)cc2)cc1. The number of para-hydroxylation sites is 1. The minimum atomic E-state index is -0.530. The van der Waals surface area contributed by atoms with Gasteiger partial charge in [0.1, 0.15) is 0 Å². The number of nitrogens with zero attached hydrogens (tertiary/aromatic N) is 3. The zero-order valence-electron chi connectivity index (χ0n) is 34.4. The van der Waals surface area contributed by atoms with E-state index >= 15 is 0 Å². The van der Waals surface area contributed by atoms with Gasteiger partial charge >= 0.3 is 0 Å². The van der Waals surface area contributed by atoms with Crippen LogP contribution in [0.15, 0.2) is 237 Å². The first-order valence-electron chi connectivity index (χ1n) is 21.5. The van der Waals surface area contributed by atoms with Crippen LogP contribution in [0.1, 0.15) is 22.3 Å². The number of rotatable bonds is 7. The molecule has 3 heteroatoms. The Kier molecular flexibility index (Phi) is 8.72. The van der Waals surface area contributed by atoms with Gasteiger partial charge in [0.15, 0.2) is 5.82 Å². The second kappa shape index (κ2) is 15.0. The summed E-state index contributed by atoms with van der Waals surface area (Å²) in [6, 6.07) is 84.5. The zero-order chi connectivity index (χ0) is 41.7. The molecule has 0 radical (unpaired) electrons. The third kappa shape index (κ3) is 6.01. The molecule has 0 saturated heterocycles. The summed E-state index contributed by atoms with van der Waals surface area (Å²) in [6.07, 6.45) is 0. The molecule has 2 heterocycles. The van der Waals surface area contributed by atoms with E-state index in [2.05, 4.69) is 224 Å². The number of fused-ring (bicyclic) bond motifs is 7. The van der Waals surface area contributed by atoms with Crippen molar-refractivity contribution in [2.45, 2.75) is 5.41 Å². The van der Waals surface area contributed by atoms with Crippen molar-refractivity contribution in [1.29, 1.82) is 0 Å². The summed E-state index contributed by atoms with van der Waals surface area (Å²) in [7, 11) is 0. The molecular formula is C60H39N3. The Labute approximate surface area is 366 Å². The van der Waals surface area contributed by atoms with E-state index in [0.29, 0.717) is 5.82 Å². The van der Waals surface area contributed by atoms with Gasteiger partial charge in [-0.25, -0.2) is 15.0 Å². The summed E-state index contributed by atoms with van der Waals surface area (Å²) in [5, 5.41) is 3.47. The van der Waals surface area contributed by atoms with Crippen molar-refractivity contribution in [3.05, 3.63) is 259 Å². The third-order valence-electron chi connectivity index (χ3n) is 12.8. The molecule has 0 amide bonds. The Balaban J connectivity index is 1.09. The predicted molar refractivity (Wildman–Crippen MR) is 259 cm³/mol. The van der Waals surface area contributed by atoms with Crippen molar-refractivity contribution in [2.24, 2.45) is 0 Å². The second-order valence-corrected chi connectivity index (χ2v) is 16.3. The maximum atomic E-state index is 5.58. The van der Waals surface area contributed by atoms with Crippen LogP contribution in [0.3, 0.4) is 0 Å². The molecular weight excluding hydrogens is 763 g/mol. The Morgan fingerprint density at radius 3 is 1.57 bits per heavy atom. The molecule has 294 valence electrons. The van der Waals surface area contributed by atoms with E-state index in [9.17, 15) is 0 Å². The van der Waals surface area contributed by atoms with Gasteiger partial charge in [0.25, 0.3) is 0 Å². The molecule has 0 fully saturated rings. The van der Waals surface area contributed by atoms with Crippen molar-refractivity contribution in [1.82, 2.24) is 15.0 Å². The summed E-state index contributed by atoms with van der Waals surface area (Å²) in [4.78, 5) is 16.0. The van der Waals surface area contributed by atoms with Crippen LogP contribution in [0.4, 0.5) is 0 Å². The van der Waals surface area contributed by atoms with Crippen LogP contribution in [0.2, 0.25) is 0 Å². The van der Waals surface area contributed by atoms with Crippen molar-refractivity contribution < 1.29 is 0 Å². The fourth-order valence-electron chi connectivity index (χ4n) is 9.94. The number of pyridine rings is 1. The van der Waals surface area contributed by atoms with Crippen LogP contribution in [0, 0.1) is 0 Å². The Morgan fingerprint density at radius 1 is 0.317 bits per heavy atom. The lowest BCUT2D eigenvalue weighted by molar-refractivity contribution is 0.769. The highest BCUT2D eigenvalue weighted by Gasteiger charge is 2.47. The molecule has 1 aliphatic carbocycles. The summed E-state index contributed by atoms with van der Waals surface area (Å²) >= 11 is 0. The minimum Gasteiger partial charge on any atom is -0.247 e. The number of hydrogen-bond donors (Lipinski definition) is 0. The van der Waals surface area contributed by atoms with Crippen LogP contribution in [-0.4, -0.2) is 15.0 Å². The van der Waals surface area contributed by atoms with Crippen molar-refractivity contribution in [2.75, 3.05) is 0 Å². The van der Waals surface area contributed by atoms with Gasteiger partial charge in [0, 0.05) is 33.0 Å². The molecule has 0 aliphatic heterocycles. The van der Waals surface area contributed by atoms with E-state index in [4.69, 9.17) is 15.0 Å². The molecule has 2 aromatic heterocycles. The Bertz CT molecular complexity index is 3430. The highest BCUT2D eigenvalue weighted by atomic mass is 14.9. The van der Waals surface area contributed by atoms with Gasteiger partial charge in [-0.15, -0.1) is 0 Å². The zero-order valence-corrected chi connectivity index (χ0v) is 34.4. The highest BCUT2D eigenvalue weighted by Crippen LogP contribution is 2.59. The molecule has 1 aliphatic rings. The summed E-state index contributed by atoms with van der Waals surface area (Å²) in [6.45, 7) is 0. The molecule has 0 unspecified atom stereocenters. The molecule has 12 rings (SSSR count). The number of benzene rings is 9. The van der Waals surface area contributed by atoms with Gasteiger partial charge in [-0.1, -0.05) is 218 Å². The normalized spacial score (nSPS) is 12.6. The monoisotopic (exact) mass is 801 g/mol. The lowest BCUT2D eigenvalue weighted by atomic mass is 9.67. The molecule has 0 saturated carbocycles. The highest BCUT2D eigenvalue weighted by molar-refractivity contribution is 6.18. The average molecular weight is 802 g/mol. The maximum Gasteiger partial charge on any atom is 0.160 e. The maximum absolute atomic E-state index is 5.58. The predicted octanol–water partition coefficient (Wildman–Crippen LogP) is 14.9. The summed E-state index contributed by atoms with van der Waals surface area (Å²) in [5.41, 5.74) is 16.9.